The second-order valence-corrected chi connectivity index (χ2v) is 4.38. The van der Waals surface area contributed by atoms with E-state index in [-0.39, 0.29) is 18.3 Å². The maximum Gasteiger partial charge on any atom is 0.0824 e. The summed E-state index contributed by atoms with van der Waals surface area (Å²) in [6.45, 7) is 3.57. The molecule has 0 bridgehead atoms. The third-order valence-corrected chi connectivity index (χ3v) is 3.00. The summed E-state index contributed by atoms with van der Waals surface area (Å²) >= 11 is 0. The molecule has 1 aromatic carbocycles. The number of hydrogen-bond acceptors (Lipinski definition) is 3. The Morgan fingerprint density at radius 2 is 2.12 bits per heavy atom. The Bertz CT molecular complexity index is 305. The molecule has 0 amide bonds. The van der Waals surface area contributed by atoms with Gasteiger partial charge in [0.25, 0.3) is 0 Å². The van der Waals surface area contributed by atoms with E-state index in [0.717, 1.165) is 19.5 Å². The fraction of sp³-hybridized carbons (Fsp3) is 0.538. The van der Waals surface area contributed by atoms with Crippen LogP contribution in [0.15, 0.2) is 30.3 Å². The zero-order chi connectivity index (χ0) is 11.4. The molecule has 3 atom stereocenters. The van der Waals surface area contributed by atoms with Crippen LogP contribution in [0.2, 0.25) is 0 Å². The van der Waals surface area contributed by atoms with Gasteiger partial charge in [-0.1, -0.05) is 30.3 Å². The minimum absolute atomic E-state index is 0.0245. The van der Waals surface area contributed by atoms with Gasteiger partial charge in [-0.05, 0) is 12.5 Å². The molecule has 88 valence electrons. The molecule has 0 spiro atoms. The zero-order valence-corrected chi connectivity index (χ0v) is 9.60. The minimum atomic E-state index is -0.302. The Hall–Kier alpha value is -0.900. The van der Waals surface area contributed by atoms with Crippen LogP contribution in [-0.2, 0) is 11.3 Å². The average molecular weight is 221 g/mol. The highest BCUT2D eigenvalue weighted by atomic mass is 16.5. The molecular weight excluding hydrogens is 202 g/mol. The normalized spacial score (nSPS) is 29.5. The van der Waals surface area contributed by atoms with Gasteiger partial charge in [0.2, 0.25) is 0 Å². The fourth-order valence-electron chi connectivity index (χ4n) is 2.02. The highest BCUT2D eigenvalue weighted by Crippen LogP contribution is 2.19. The first kappa shape index (κ1) is 11.6. The standard InChI is InChI=1S/C13H19NO2/c1-10-13(15)7-12(16-10)9-14-8-11-5-3-2-4-6-11/h2-6,10,12-15H,7-9H2,1H3/t10-,12+,13+/m0/s1. The van der Waals surface area contributed by atoms with Crippen molar-refractivity contribution in [2.45, 2.75) is 38.2 Å². The summed E-state index contributed by atoms with van der Waals surface area (Å²) in [4.78, 5) is 0. The third-order valence-electron chi connectivity index (χ3n) is 3.00. The number of benzene rings is 1. The van der Waals surface area contributed by atoms with E-state index in [9.17, 15) is 5.11 Å². The molecule has 1 aromatic rings. The van der Waals surface area contributed by atoms with E-state index in [2.05, 4.69) is 17.4 Å². The predicted molar refractivity (Wildman–Crippen MR) is 63.1 cm³/mol. The van der Waals surface area contributed by atoms with Crippen LogP contribution in [0.25, 0.3) is 0 Å². The number of aliphatic hydroxyl groups is 1. The molecule has 2 rings (SSSR count). The third kappa shape index (κ3) is 3.04. The summed E-state index contributed by atoms with van der Waals surface area (Å²) in [5, 5.41) is 12.9. The molecule has 2 N–H and O–H groups in total. The summed E-state index contributed by atoms with van der Waals surface area (Å²) in [6.07, 6.45) is 0.559. The molecule has 0 aliphatic carbocycles. The first-order valence-corrected chi connectivity index (χ1v) is 5.84. The lowest BCUT2D eigenvalue weighted by molar-refractivity contribution is 0.0226. The number of rotatable bonds is 4. The number of hydrogen-bond donors (Lipinski definition) is 2. The van der Waals surface area contributed by atoms with Crippen LogP contribution in [0.5, 0.6) is 0 Å². The van der Waals surface area contributed by atoms with E-state index >= 15 is 0 Å². The summed E-state index contributed by atoms with van der Waals surface area (Å²) in [7, 11) is 0. The van der Waals surface area contributed by atoms with Gasteiger partial charge in [-0.15, -0.1) is 0 Å². The summed E-state index contributed by atoms with van der Waals surface area (Å²) in [6, 6.07) is 10.3. The van der Waals surface area contributed by atoms with Crippen molar-refractivity contribution in [3.8, 4) is 0 Å². The Morgan fingerprint density at radius 3 is 2.75 bits per heavy atom. The second-order valence-electron chi connectivity index (χ2n) is 4.38. The van der Waals surface area contributed by atoms with Gasteiger partial charge < -0.3 is 15.2 Å². The zero-order valence-electron chi connectivity index (χ0n) is 9.60. The van der Waals surface area contributed by atoms with Crippen molar-refractivity contribution in [2.75, 3.05) is 6.54 Å². The molecular formula is C13H19NO2. The Morgan fingerprint density at radius 1 is 1.38 bits per heavy atom. The molecule has 3 nitrogen and oxygen atoms in total. The lowest BCUT2D eigenvalue weighted by atomic mass is 10.1. The number of nitrogens with one attached hydrogen (secondary N) is 1. The lowest BCUT2D eigenvalue weighted by Crippen LogP contribution is -2.26. The quantitative estimate of drug-likeness (QED) is 0.805. The van der Waals surface area contributed by atoms with Crippen molar-refractivity contribution in [1.82, 2.24) is 5.32 Å². The van der Waals surface area contributed by atoms with E-state index < -0.39 is 0 Å². The van der Waals surface area contributed by atoms with Crippen LogP contribution in [0.4, 0.5) is 0 Å². The smallest absolute Gasteiger partial charge is 0.0824 e. The van der Waals surface area contributed by atoms with Crippen molar-refractivity contribution >= 4 is 0 Å². The van der Waals surface area contributed by atoms with Crippen molar-refractivity contribution in [3.05, 3.63) is 35.9 Å². The minimum Gasteiger partial charge on any atom is -0.390 e. The van der Waals surface area contributed by atoms with Gasteiger partial charge in [-0.3, -0.25) is 0 Å². The maximum atomic E-state index is 9.53. The summed E-state index contributed by atoms with van der Waals surface area (Å²) in [5.74, 6) is 0. The number of ether oxygens (including phenoxy) is 1. The second kappa shape index (κ2) is 5.43. The monoisotopic (exact) mass is 221 g/mol. The van der Waals surface area contributed by atoms with E-state index in [0.29, 0.717) is 0 Å². The van der Waals surface area contributed by atoms with Crippen molar-refractivity contribution < 1.29 is 9.84 Å². The molecule has 16 heavy (non-hydrogen) atoms. The Kier molecular flexibility index (Phi) is 3.93. The summed E-state index contributed by atoms with van der Waals surface area (Å²) < 4.78 is 5.60. The van der Waals surface area contributed by atoms with Crippen LogP contribution < -0.4 is 5.32 Å². The highest BCUT2D eigenvalue weighted by molar-refractivity contribution is 5.14. The first-order valence-electron chi connectivity index (χ1n) is 5.84. The van der Waals surface area contributed by atoms with Gasteiger partial charge in [0.05, 0.1) is 18.3 Å². The molecule has 1 fully saturated rings. The van der Waals surface area contributed by atoms with Crippen LogP contribution in [0.3, 0.4) is 0 Å². The molecule has 0 saturated carbocycles. The highest BCUT2D eigenvalue weighted by Gasteiger charge is 2.29. The lowest BCUT2D eigenvalue weighted by Gasteiger charge is -2.11. The van der Waals surface area contributed by atoms with Crippen molar-refractivity contribution in [1.29, 1.82) is 0 Å². The van der Waals surface area contributed by atoms with Gasteiger partial charge >= 0.3 is 0 Å². The van der Waals surface area contributed by atoms with E-state index in [4.69, 9.17) is 4.74 Å². The molecule has 1 heterocycles. The van der Waals surface area contributed by atoms with E-state index in [1.165, 1.54) is 5.56 Å². The van der Waals surface area contributed by atoms with Gasteiger partial charge in [0.15, 0.2) is 0 Å². The molecule has 1 aliphatic rings. The van der Waals surface area contributed by atoms with Crippen molar-refractivity contribution in [3.63, 3.8) is 0 Å². The SMILES string of the molecule is C[C@@H]1O[C@@H](CNCc2ccccc2)C[C@H]1O. The Labute approximate surface area is 96.4 Å². The molecule has 1 aliphatic heterocycles. The first-order chi connectivity index (χ1) is 7.75. The van der Waals surface area contributed by atoms with Gasteiger partial charge in [-0.25, -0.2) is 0 Å². The molecule has 1 saturated heterocycles. The summed E-state index contributed by atoms with van der Waals surface area (Å²) in [5.41, 5.74) is 1.27. The molecule has 3 heteroatoms. The number of aliphatic hydroxyl groups excluding tert-OH is 1. The van der Waals surface area contributed by atoms with Gasteiger partial charge in [-0.2, -0.15) is 0 Å². The maximum absolute atomic E-state index is 9.53. The van der Waals surface area contributed by atoms with Crippen LogP contribution >= 0.6 is 0 Å². The van der Waals surface area contributed by atoms with Crippen LogP contribution in [0.1, 0.15) is 18.9 Å². The van der Waals surface area contributed by atoms with Gasteiger partial charge in [0, 0.05) is 19.5 Å². The molecule has 0 aromatic heterocycles. The van der Waals surface area contributed by atoms with Crippen molar-refractivity contribution in [2.24, 2.45) is 0 Å². The Balaban J connectivity index is 1.69. The molecule has 0 radical (unpaired) electrons. The largest absolute Gasteiger partial charge is 0.390 e. The van der Waals surface area contributed by atoms with E-state index in [1.807, 2.05) is 25.1 Å². The fourth-order valence-corrected chi connectivity index (χ4v) is 2.02. The van der Waals surface area contributed by atoms with E-state index in [1.54, 1.807) is 0 Å². The van der Waals surface area contributed by atoms with Crippen LogP contribution in [-0.4, -0.2) is 30.0 Å². The predicted octanol–water partition coefficient (Wildman–Crippen LogP) is 1.31. The van der Waals surface area contributed by atoms with Crippen LogP contribution in [0, 0.1) is 0 Å². The molecule has 0 unspecified atom stereocenters. The topological polar surface area (TPSA) is 41.5 Å². The average Bonchev–Trinajstić information content (AvgIpc) is 2.60. The van der Waals surface area contributed by atoms with Gasteiger partial charge in [0.1, 0.15) is 0 Å².